The lowest BCUT2D eigenvalue weighted by atomic mass is 10.1. The van der Waals surface area contributed by atoms with Crippen LogP contribution in [0.5, 0.6) is 0 Å². The van der Waals surface area contributed by atoms with E-state index in [1.165, 1.54) is 20.2 Å². The van der Waals surface area contributed by atoms with E-state index in [4.69, 9.17) is 9.52 Å². The van der Waals surface area contributed by atoms with Crippen molar-refractivity contribution >= 4 is 21.9 Å². The number of amides is 1. The molecule has 1 rings (SSSR count). The number of nitrogens with zero attached hydrogens (tertiary/aromatic N) is 1. The van der Waals surface area contributed by atoms with E-state index >= 15 is 0 Å². The van der Waals surface area contributed by atoms with Gasteiger partial charge in [0.05, 0.1) is 5.56 Å². The standard InChI is InChI=1S/C16H26N2O6S/c1-12-13(11-15(24-12)25(22,23)18(2)3)16(21)17-10-8-6-4-5-7-9-14(19)20/h11H,4-10H2,1-3H3,(H,17,21)(H,19,20). The summed E-state index contributed by atoms with van der Waals surface area (Å²) in [5.41, 5.74) is 0.210. The minimum Gasteiger partial charge on any atom is -0.481 e. The van der Waals surface area contributed by atoms with E-state index in [2.05, 4.69) is 5.32 Å². The Bertz CT molecular complexity index is 693. The highest BCUT2D eigenvalue weighted by Crippen LogP contribution is 2.21. The Morgan fingerprint density at radius 3 is 2.36 bits per heavy atom. The number of carbonyl (C=O) groups excluding carboxylic acids is 1. The lowest BCUT2D eigenvalue weighted by Crippen LogP contribution is -2.25. The van der Waals surface area contributed by atoms with E-state index in [9.17, 15) is 18.0 Å². The van der Waals surface area contributed by atoms with Crippen molar-refractivity contribution in [3.05, 3.63) is 17.4 Å². The normalized spacial score (nSPS) is 11.7. The molecule has 142 valence electrons. The minimum atomic E-state index is -3.71. The van der Waals surface area contributed by atoms with E-state index in [1.54, 1.807) is 6.92 Å². The van der Waals surface area contributed by atoms with Gasteiger partial charge in [-0.05, 0) is 19.8 Å². The second-order valence-electron chi connectivity index (χ2n) is 5.99. The zero-order chi connectivity index (χ0) is 19.0. The monoisotopic (exact) mass is 374 g/mol. The molecule has 0 bridgehead atoms. The zero-order valence-electron chi connectivity index (χ0n) is 14.9. The van der Waals surface area contributed by atoms with Crippen molar-refractivity contribution in [2.75, 3.05) is 20.6 Å². The van der Waals surface area contributed by atoms with Gasteiger partial charge >= 0.3 is 5.97 Å². The van der Waals surface area contributed by atoms with Crippen molar-refractivity contribution in [3.63, 3.8) is 0 Å². The number of unbranched alkanes of at least 4 members (excludes halogenated alkanes) is 4. The molecule has 0 radical (unpaired) electrons. The third-order valence-corrected chi connectivity index (χ3v) is 5.40. The maximum atomic E-state index is 12.1. The summed E-state index contributed by atoms with van der Waals surface area (Å²) in [6.45, 7) is 2.02. The summed E-state index contributed by atoms with van der Waals surface area (Å²) >= 11 is 0. The highest BCUT2D eigenvalue weighted by atomic mass is 32.2. The van der Waals surface area contributed by atoms with Crippen LogP contribution in [0.25, 0.3) is 0 Å². The number of carboxylic acids is 1. The van der Waals surface area contributed by atoms with E-state index in [-0.39, 0.29) is 28.7 Å². The van der Waals surface area contributed by atoms with Crippen LogP contribution in [0.2, 0.25) is 0 Å². The summed E-state index contributed by atoms with van der Waals surface area (Å²) in [6, 6.07) is 1.24. The van der Waals surface area contributed by atoms with Crippen molar-refractivity contribution in [2.24, 2.45) is 0 Å². The maximum absolute atomic E-state index is 12.1. The lowest BCUT2D eigenvalue weighted by molar-refractivity contribution is -0.137. The van der Waals surface area contributed by atoms with E-state index in [0.717, 1.165) is 30.0 Å². The summed E-state index contributed by atoms with van der Waals surface area (Å²) in [7, 11) is -0.927. The fourth-order valence-corrected chi connectivity index (χ4v) is 3.07. The number of aryl methyl sites for hydroxylation is 1. The maximum Gasteiger partial charge on any atom is 0.303 e. The Morgan fingerprint density at radius 2 is 1.76 bits per heavy atom. The van der Waals surface area contributed by atoms with Gasteiger partial charge in [-0.25, -0.2) is 12.7 Å². The molecule has 0 unspecified atom stereocenters. The van der Waals surface area contributed by atoms with Gasteiger partial charge in [-0.1, -0.05) is 19.3 Å². The van der Waals surface area contributed by atoms with E-state index in [1.807, 2.05) is 0 Å². The number of hydrogen-bond donors (Lipinski definition) is 2. The van der Waals surface area contributed by atoms with Gasteiger partial charge in [-0.15, -0.1) is 0 Å². The number of carbonyl (C=O) groups is 2. The number of hydrogen-bond acceptors (Lipinski definition) is 5. The molecule has 0 aliphatic rings. The molecule has 1 amide bonds. The van der Waals surface area contributed by atoms with Crippen LogP contribution in [0.1, 0.15) is 54.6 Å². The van der Waals surface area contributed by atoms with Gasteiger partial charge in [0.15, 0.2) is 0 Å². The van der Waals surface area contributed by atoms with Gasteiger partial charge in [0.25, 0.3) is 15.9 Å². The zero-order valence-corrected chi connectivity index (χ0v) is 15.7. The molecule has 1 heterocycles. The van der Waals surface area contributed by atoms with Crippen LogP contribution in [-0.4, -0.2) is 50.3 Å². The summed E-state index contributed by atoms with van der Waals surface area (Å²) in [6.07, 6.45) is 4.29. The molecule has 1 aromatic heterocycles. The van der Waals surface area contributed by atoms with Crippen LogP contribution >= 0.6 is 0 Å². The van der Waals surface area contributed by atoms with Crippen LogP contribution in [0.15, 0.2) is 15.6 Å². The molecule has 0 saturated heterocycles. The first-order valence-corrected chi connectivity index (χ1v) is 9.63. The first-order chi connectivity index (χ1) is 11.7. The Kier molecular flexibility index (Phi) is 8.11. The molecule has 25 heavy (non-hydrogen) atoms. The summed E-state index contributed by atoms with van der Waals surface area (Å²) in [5, 5.41) is 11.0. The van der Waals surface area contributed by atoms with E-state index in [0.29, 0.717) is 13.0 Å². The summed E-state index contributed by atoms with van der Waals surface area (Å²) in [5.74, 6) is -0.891. The molecule has 0 aromatic carbocycles. The molecule has 0 aliphatic heterocycles. The summed E-state index contributed by atoms with van der Waals surface area (Å²) in [4.78, 5) is 22.5. The number of rotatable bonds is 11. The van der Waals surface area contributed by atoms with Crippen molar-refractivity contribution in [2.45, 2.75) is 50.5 Å². The molecule has 9 heteroatoms. The molecule has 8 nitrogen and oxygen atoms in total. The lowest BCUT2D eigenvalue weighted by Gasteiger charge is -2.07. The molecule has 1 aromatic rings. The van der Waals surface area contributed by atoms with Gasteiger partial charge in [0.2, 0.25) is 5.09 Å². The average molecular weight is 374 g/mol. The van der Waals surface area contributed by atoms with Crippen molar-refractivity contribution in [3.8, 4) is 0 Å². The van der Waals surface area contributed by atoms with Gasteiger partial charge in [-0.3, -0.25) is 9.59 Å². The second-order valence-corrected chi connectivity index (χ2v) is 8.07. The molecule has 0 aliphatic carbocycles. The molecular weight excluding hydrogens is 348 g/mol. The molecule has 0 atom stereocenters. The Balaban J connectivity index is 2.41. The number of carboxylic acid groups (broad SMARTS) is 1. The topological polar surface area (TPSA) is 117 Å². The molecule has 2 N–H and O–H groups in total. The molecule has 0 spiro atoms. The highest BCUT2D eigenvalue weighted by Gasteiger charge is 2.25. The van der Waals surface area contributed by atoms with Crippen molar-refractivity contribution in [1.29, 1.82) is 0 Å². The number of furan rings is 1. The van der Waals surface area contributed by atoms with Crippen molar-refractivity contribution in [1.82, 2.24) is 9.62 Å². The third-order valence-electron chi connectivity index (χ3n) is 3.73. The fourth-order valence-electron chi connectivity index (χ4n) is 2.22. The Morgan fingerprint density at radius 1 is 1.16 bits per heavy atom. The fraction of sp³-hybridized carbons (Fsp3) is 0.625. The quantitative estimate of drug-likeness (QED) is 0.572. The Labute approximate surface area is 148 Å². The highest BCUT2D eigenvalue weighted by molar-refractivity contribution is 7.88. The minimum absolute atomic E-state index is 0.189. The van der Waals surface area contributed by atoms with Crippen LogP contribution in [0.3, 0.4) is 0 Å². The van der Waals surface area contributed by atoms with Gasteiger partial charge in [0.1, 0.15) is 5.76 Å². The van der Waals surface area contributed by atoms with Gasteiger partial charge in [-0.2, -0.15) is 0 Å². The first-order valence-electron chi connectivity index (χ1n) is 8.19. The average Bonchev–Trinajstić information content (AvgIpc) is 2.92. The second kappa shape index (κ2) is 9.57. The van der Waals surface area contributed by atoms with Crippen LogP contribution < -0.4 is 5.32 Å². The third kappa shape index (κ3) is 6.50. The SMILES string of the molecule is Cc1oc(S(=O)(=O)N(C)C)cc1C(=O)NCCCCCCCC(=O)O. The van der Waals surface area contributed by atoms with Crippen LogP contribution in [0, 0.1) is 6.92 Å². The first kappa shape index (κ1) is 21.2. The molecule has 0 saturated carbocycles. The largest absolute Gasteiger partial charge is 0.481 e. The number of sulfonamides is 1. The number of nitrogens with one attached hydrogen (secondary N) is 1. The predicted molar refractivity (Wildman–Crippen MR) is 92.0 cm³/mol. The molecule has 0 fully saturated rings. The summed E-state index contributed by atoms with van der Waals surface area (Å²) < 4.78 is 30.3. The van der Waals surface area contributed by atoms with Crippen LogP contribution in [0.4, 0.5) is 0 Å². The Hall–Kier alpha value is -1.87. The van der Waals surface area contributed by atoms with Gasteiger partial charge in [0, 0.05) is 33.1 Å². The van der Waals surface area contributed by atoms with Crippen LogP contribution in [-0.2, 0) is 14.8 Å². The van der Waals surface area contributed by atoms with Gasteiger partial charge < -0.3 is 14.8 Å². The van der Waals surface area contributed by atoms with Crippen molar-refractivity contribution < 1.29 is 27.5 Å². The molecular formula is C16H26N2O6S. The van der Waals surface area contributed by atoms with E-state index < -0.39 is 16.0 Å². The predicted octanol–water partition coefficient (Wildman–Crippen LogP) is 1.99. The smallest absolute Gasteiger partial charge is 0.303 e. The number of aliphatic carboxylic acids is 1.